The van der Waals surface area contributed by atoms with Crippen molar-refractivity contribution in [1.29, 1.82) is 0 Å². The Balaban J connectivity index is 2.21. The second-order valence-electron chi connectivity index (χ2n) is 4.06. The van der Waals surface area contributed by atoms with Gasteiger partial charge in [0.2, 0.25) is 5.91 Å². The molecule has 1 aliphatic heterocycles. The van der Waals surface area contributed by atoms with Gasteiger partial charge in [-0.1, -0.05) is 6.92 Å². The molecule has 4 nitrogen and oxygen atoms in total. The molecule has 0 aromatic carbocycles. The number of amides is 1. The number of carbonyl (C=O) groups is 1. The number of nitrogens with zero attached hydrogens (tertiary/aromatic N) is 1. The molecule has 0 bridgehead atoms. The number of likely N-dealkylation sites (N-methyl/N-ethyl adjacent to an activating group) is 1. The second-order valence-corrected chi connectivity index (χ2v) is 4.06. The number of hydrogen-bond acceptors (Lipinski definition) is 3. The first-order valence-corrected chi connectivity index (χ1v) is 5.75. The maximum Gasteiger partial charge on any atom is 0.236 e. The highest BCUT2D eigenvalue weighted by Crippen LogP contribution is 2.16. The second kappa shape index (κ2) is 6.80. The van der Waals surface area contributed by atoms with E-state index in [9.17, 15) is 4.79 Å². The van der Waals surface area contributed by atoms with Crippen LogP contribution in [-0.4, -0.2) is 50.7 Å². The van der Waals surface area contributed by atoms with Gasteiger partial charge in [0.1, 0.15) is 0 Å². The summed E-state index contributed by atoms with van der Waals surface area (Å²) in [6, 6.07) is 0. The van der Waals surface area contributed by atoms with Gasteiger partial charge in [-0.2, -0.15) is 0 Å². The molecule has 1 amide bonds. The van der Waals surface area contributed by atoms with E-state index >= 15 is 0 Å². The smallest absolute Gasteiger partial charge is 0.236 e. The van der Waals surface area contributed by atoms with Crippen molar-refractivity contribution in [3.8, 4) is 0 Å². The van der Waals surface area contributed by atoms with E-state index in [1.807, 2.05) is 11.8 Å². The number of hydrogen-bond donors (Lipinski definition) is 1. The summed E-state index contributed by atoms with van der Waals surface area (Å²) >= 11 is 0. The Morgan fingerprint density at radius 3 is 2.67 bits per heavy atom. The van der Waals surface area contributed by atoms with Crippen LogP contribution >= 0.6 is 0 Å². The maximum absolute atomic E-state index is 11.7. The van der Waals surface area contributed by atoms with E-state index in [4.69, 9.17) is 4.74 Å². The molecule has 1 saturated heterocycles. The SMILES string of the molecule is CCNCC(=O)N1CCC(COC)CC1. The summed E-state index contributed by atoms with van der Waals surface area (Å²) in [6.45, 7) is 5.95. The Morgan fingerprint density at radius 2 is 2.13 bits per heavy atom. The molecular weight excluding hydrogens is 192 g/mol. The lowest BCUT2D eigenvalue weighted by atomic mass is 9.98. The Labute approximate surface area is 92.0 Å². The van der Waals surface area contributed by atoms with Crippen LogP contribution in [0.2, 0.25) is 0 Å². The first-order valence-electron chi connectivity index (χ1n) is 5.75. The molecule has 15 heavy (non-hydrogen) atoms. The molecule has 0 atom stereocenters. The van der Waals surface area contributed by atoms with Gasteiger partial charge in [-0.25, -0.2) is 0 Å². The van der Waals surface area contributed by atoms with Gasteiger partial charge in [0, 0.05) is 26.8 Å². The normalized spacial score (nSPS) is 18.1. The van der Waals surface area contributed by atoms with Crippen molar-refractivity contribution in [2.24, 2.45) is 5.92 Å². The lowest BCUT2D eigenvalue weighted by Crippen LogP contribution is -2.43. The van der Waals surface area contributed by atoms with E-state index in [1.54, 1.807) is 7.11 Å². The molecule has 0 aromatic rings. The Morgan fingerprint density at radius 1 is 1.47 bits per heavy atom. The molecule has 1 N–H and O–H groups in total. The van der Waals surface area contributed by atoms with Gasteiger partial charge in [-0.15, -0.1) is 0 Å². The number of ether oxygens (including phenoxy) is 1. The predicted molar refractivity (Wildman–Crippen MR) is 59.7 cm³/mol. The Kier molecular flexibility index (Phi) is 5.65. The Hall–Kier alpha value is -0.610. The summed E-state index contributed by atoms with van der Waals surface area (Å²) in [5, 5.41) is 3.07. The molecule has 0 spiro atoms. The zero-order valence-corrected chi connectivity index (χ0v) is 9.79. The minimum absolute atomic E-state index is 0.229. The largest absolute Gasteiger partial charge is 0.384 e. The number of likely N-dealkylation sites (tertiary alicyclic amines) is 1. The summed E-state index contributed by atoms with van der Waals surface area (Å²) in [7, 11) is 1.74. The van der Waals surface area contributed by atoms with Gasteiger partial charge in [-0.3, -0.25) is 4.79 Å². The molecule has 1 fully saturated rings. The summed E-state index contributed by atoms with van der Waals surface area (Å²) in [4.78, 5) is 13.6. The standard InChI is InChI=1S/C11H22N2O2/c1-3-12-8-11(14)13-6-4-10(5-7-13)9-15-2/h10,12H,3-9H2,1-2H3. The number of methoxy groups -OCH3 is 1. The number of nitrogens with one attached hydrogen (secondary N) is 1. The van der Waals surface area contributed by atoms with Crippen LogP contribution in [0.1, 0.15) is 19.8 Å². The predicted octanol–water partition coefficient (Wildman–Crippen LogP) is 0.481. The van der Waals surface area contributed by atoms with Crippen molar-refractivity contribution in [1.82, 2.24) is 10.2 Å². The third-order valence-corrected chi connectivity index (χ3v) is 2.90. The molecule has 0 radical (unpaired) electrons. The monoisotopic (exact) mass is 214 g/mol. The molecule has 1 rings (SSSR count). The quantitative estimate of drug-likeness (QED) is 0.724. The van der Waals surface area contributed by atoms with Crippen LogP contribution in [0.15, 0.2) is 0 Å². The van der Waals surface area contributed by atoms with Crippen LogP contribution in [0, 0.1) is 5.92 Å². The van der Waals surface area contributed by atoms with E-state index in [-0.39, 0.29) is 5.91 Å². The lowest BCUT2D eigenvalue weighted by Gasteiger charge is -2.31. The molecule has 1 heterocycles. The molecule has 0 unspecified atom stereocenters. The first-order chi connectivity index (χ1) is 7.27. The van der Waals surface area contributed by atoms with Gasteiger partial charge >= 0.3 is 0 Å². The van der Waals surface area contributed by atoms with E-state index < -0.39 is 0 Å². The highest BCUT2D eigenvalue weighted by atomic mass is 16.5. The molecule has 0 aliphatic carbocycles. The van der Waals surface area contributed by atoms with Crippen LogP contribution < -0.4 is 5.32 Å². The van der Waals surface area contributed by atoms with Crippen LogP contribution in [0.4, 0.5) is 0 Å². The van der Waals surface area contributed by atoms with Gasteiger partial charge in [0.15, 0.2) is 0 Å². The van der Waals surface area contributed by atoms with Crippen LogP contribution in [-0.2, 0) is 9.53 Å². The zero-order chi connectivity index (χ0) is 11.1. The first kappa shape index (κ1) is 12.5. The van der Waals surface area contributed by atoms with Crippen LogP contribution in [0.25, 0.3) is 0 Å². The van der Waals surface area contributed by atoms with E-state index in [1.165, 1.54) is 0 Å². The van der Waals surface area contributed by atoms with Crippen molar-refractivity contribution in [3.63, 3.8) is 0 Å². The van der Waals surface area contributed by atoms with Gasteiger partial charge in [0.25, 0.3) is 0 Å². The van der Waals surface area contributed by atoms with Gasteiger partial charge in [0.05, 0.1) is 6.54 Å². The molecular formula is C11H22N2O2. The number of carbonyl (C=O) groups excluding carboxylic acids is 1. The summed E-state index contributed by atoms with van der Waals surface area (Å²) in [5.74, 6) is 0.867. The van der Waals surface area contributed by atoms with E-state index in [2.05, 4.69) is 5.32 Å². The third kappa shape index (κ3) is 4.18. The topological polar surface area (TPSA) is 41.6 Å². The maximum atomic E-state index is 11.7. The van der Waals surface area contributed by atoms with Gasteiger partial charge < -0.3 is 15.0 Å². The lowest BCUT2D eigenvalue weighted by molar-refractivity contribution is -0.131. The van der Waals surface area contributed by atoms with Crippen molar-refractivity contribution in [3.05, 3.63) is 0 Å². The van der Waals surface area contributed by atoms with Crippen LogP contribution in [0.3, 0.4) is 0 Å². The van der Waals surface area contributed by atoms with Crippen molar-refractivity contribution in [2.45, 2.75) is 19.8 Å². The minimum Gasteiger partial charge on any atom is -0.384 e. The Bertz CT molecular complexity index is 189. The summed E-state index contributed by atoms with van der Waals surface area (Å²) in [6.07, 6.45) is 2.15. The summed E-state index contributed by atoms with van der Waals surface area (Å²) in [5.41, 5.74) is 0. The van der Waals surface area contributed by atoms with Crippen molar-refractivity contribution in [2.75, 3.05) is 39.9 Å². The number of piperidine rings is 1. The highest BCUT2D eigenvalue weighted by Gasteiger charge is 2.21. The van der Waals surface area contributed by atoms with Crippen molar-refractivity contribution >= 4 is 5.91 Å². The highest BCUT2D eigenvalue weighted by molar-refractivity contribution is 5.78. The van der Waals surface area contributed by atoms with E-state index in [0.717, 1.165) is 39.1 Å². The molecule has 0 saturated carbocycles. The molecule has 88 valence electrons. The molecule has 4 heteroatoms. The molecule has 0 aromatic heterocycles. The van der Waals surface area contributed by atoms with Crippen molar-refractivity contribution < 1.29 is 9.53 Å². The summed E-state index contributed by atoms with van der Waals surface area (Å²) < 4.78 is 5.13. The van der Waals surface area contributed by atoms with Gasteiger partial charge in [-0.05, 0) is 25.3 Å². The van der Waals surface area contributed by atoms with Crippen LogP contribution in [0.5, 0.6) is 0 Å². The number of rotatable bonds is 5. The fraction of sp³-hybridized carbons (Fsp3) is 0.909. The minimum atomic E-state index is 0.229. The third-order valence-electron chi connectivity index (χ3n) is 2.90. The fourth-order valence-electron chi connectivity index (χ4n) is 1.93. The average molecular weight is 214 g/mol. The van der Waals surface area contributed by atoms with E-state index in [0.29, 0.717) is 12.5 Å². The average Bonchev–Trinajstić information content (AvgIpc) is 2.27. The fourth-order valence-corrected chi connectivity index (χ4v) is 1.93. The molecule has 1 aliphatic rings. The zero-order valence-electron chi connectivity index (χ0n) is 9.79.